The summed E-state index contributed by atoms with van der Waals surface area (Å²) in [6.45, 7) is 0.389. The molecule has 0 radical (unpaired) electrons. The van der Waals surface area contributed by atoms with Gasteiger partial charge in [0.15, 0.2) is 0 Å². The van der Waals surface area contributed by atoms with Crippen LogP contribution in [0.1, 0.15) is 24.8 Å². The summed E-state index contributed by atoms with van der Waals surface area (Å²) >= 11 is 5.91. The number of fused-ring (bicyclic) bond motifs is 2. The van der Waals surface area contributed by atoms with Crippen molar-refractivity contribution < 1.29 is 14.7 Å². The number of hydrogen-bond donors (Lipinski definition) is 2. The summed E-state index contributed by atoms with van der Waals surface area (Å²) in [6, 6.07) is 7.31. The molecule has 21 heavy (non-hydrogen) atoms. The topological polar surface area (TPSA) is 66.4 Å². The Morgan fingerprint density at radius 3 is 2.62 bits per heavy atom. The van der Waals surface area contributed by atoms with Gasteiger partial charge in [0.1, 0.15) is 0 Å². The number of nitrogens with one attached hydrogen (secondary N) is 1. The fourth-order valence-electron chi connectivity index (χ4n) is 3.98. The lowest BCUT2D eigenvalue weighted by Gasteiger charge is -2.27. The molecule has 4 atom stereocenters. The van der Waals surface area contributed by atoms with Crippen LogP contribution in [0.15, 0.2) is 24.3 Å². The predicted octanol–water partition coefficient (Wildman–Crippen LogP) is 2.70. The molecule has 1 aromatic carbocycles. The van der Waals surface area contributed by atoms with Crippen molar-refractivity contribution in [3.8, 4) is 0 Å². The van der Waals surface area contributed by atoms with Crippen molar-refractivity contribution in [2.24, 2.45) is 23.7 Å². The number of carbonyl (C=O) groups is 2. The summed E-state index contributed by atoms with van der Waals surface area (Å²) in [6.07, 6.45) is 2.80. The van der Waals surface area contributed by atoms with Crippen LogP contribution in [0.4, 0.5) is 0 Å². The third kappa shape index (κ3) is 2.77. The van der Waals surface area contributed by atoms with Crippen LogP contribution in [0.25, 0.3) is 0 Å². The van der Waals surface area contributed by atoms with Gasteiger partial charge in [-0.1, -0.05) is 23.7 Å². The van der Waals surface area contributed by atoms with Crippen LogP contribution in [0.2, 0.25) is 5.02 Å². The maximum absolute atomic E-state index is 12.4. The minimum absolute atomic E-state index is 0.130. The molecule has 2 N–H and O–H groups in total. The Kier molecular flexibility index (Phi) is 3.89. The Balaban J connectivity index is 1.66. The van der Waals surface area contributed by atoms with E-state index >= 15 is 0 Å². The molecule has 2 aliphatic carbocycles. The first-order valence-electron chi connectivity index (χ1n) is 7.31. The number of halogens is 1. The smallest absolute Gasteiger partial charge is 0.307 e. The normalized spacial score (nSPS) is 30.3. The van der Waals surface area contributed by atoms with E-state index in [0.717, 1.165) is 24.8 Å². The van der Waals surface area contributed by atoms with Gasteiger partial charge in [0.25, 0.3) is 0 Å². The average molecular weight is 308 g/mol. The molecule has 0 saturated heterocycles. The molecule has 2 fully saturated rings. The van der Waals surface area contributed by atoms with E-state index in [1.807, 2.05) is 12.1 Å². The molecule has 5 heteroatoms. The van der Waals surface area contributed by atoms with E-state index < -0.39 is 11.9 Å². The first kappa shape index (κ1) is 14.4. The second-order valence-corrected chi connectivity index (χ2v) is 6.51. The van der Waals surface area contributed by atoms with Gasteiger partial charge in [-0.25, -0.2) is 0 Å². The van der Waals surface area contributed by atoms with Crippen LogP contribution in [-0.2, 0) is 16.1 Å². The number of benzene rings is 1. The molecule has 1 aromatic rings. The zero-order valence-electron chi connectivity index (χ0n) is 11.6. The highest BCUT2D eigenvalue weighted by Gasteiger charge is 2.53. The van der Waals surface area contributed by atoms with Crippen molar-refractivity contribution in [3.05, 3.63) is 34.9 Å². The summed E-state index contributed by atoms with van der Waals surface area (Å²) < 4.78 is 0. The average Bonchev–Trinajstić information content (AvgIpc) is 3.05. The van der Waals surface area contributed by atoms with Gasteiger partial charge in [0.2, 0.25) is 5.91 Å². The molecule has 0 aliphatic heterocycles. The summed E-state index contributed by atoms with van der Waals surface area (Å²) in [5.74, 6) is -1.44. The maximum atomic E-state index is 12.4. The molecule has 2 saturated carbocycles. The number of carboxylic acid groups (broad SMARTS) is 1. The largest absolute Gasteiger partial charge is 0.481 e. The molecule has 0 unspecified atom stereocenters. The van der Waals surface area contributed by atoms with Gasteiger partial charge in [-0.3, -0.25) is 9.59 Å². The van der Waals surface area contributed by atoms with Gasteiger partial charge in [-0.15, -0.1) is 0 Å². The van der Waals surface area contributed by atoms with Crippen LogP contribution in [0, 0.1) is 23.7 Å². The van der Waals surface area contributed by atoms with Crippen LogP contribution in [-0.4, -0.2) is 17.0 Å². The highest BCUT2D eigenvalue weighted by molar-refractivity contribution is 6.30. The van der Waals surface area contributed by atoms with E-state index in [-0.39, 0.29) is 23.7 Å². The zero-order valence-corrected chi connectivity index (χ0v) is 12.3. The number of rotatable bonds is 4. The van der Waals surface area contributed by atoms with Crippen LogP contribution in [0.5, 0.6) is 0 Å². The molecular formula is C16H18ClNO3. The number of hydrogen-bond acceptors (Lipinski definition) is 2. The first-order valence-corrected chi connectivity index (χ1v) is 7.69. The van der Waals surface area contributed by atoms with E-state index in [2.05, 4.69) is 5.32 Å². The second-order valence-electron chi connectivity index (χ2n) is 6.07. The summed E-state index contributed by atoms with van der Waals surface area (Å²) in [7, 11) is 0. The Bertz CT molecular complexity index is 574. The van der Waals surface area contributed by atoms with Crippen molar-refractivity contribution in [2.75, 3.05) is 0 Å². The number of aliphatic carboxylic acids is 1. The number of amides is 1. The number of carboxylic acids is 1. The zero-order chi connectivity index (χ0) is 15.0. The molecule has 1 amide bonds. The van der Waals surface area contributed by atoms with Gasteiger partial charge in [-0.2, -0.15) is 0 Å². The molecule has 0 heterocycles. The SMILES string of the molecule is O=C(NCc1cccc(Cl)c1)[C@@H]1[C@H]2CC[C@@H](C2)[C@@H]1C(=O)O. The highest BCUT2D eigenvalue weighted by atomic mass is 35.5. The standard InChI is InChI=1S/C16H18ClNO3/c17-12-3-1-2-9(6-12)8-18-15(19)13-10-4-5-11(7-10)14(13)16(20)21/h1-3,6,10-11,13-14H,4-5,7-8H2,(H,18,19)(H,20,21)/t10-,11-,13+,14-/m0/s1. The van der Waals surface area contributed by atoms with Gasteiger partial charge in [0.05, 0.1) is 11.8 Å². The number of carbonyl (C=O) groups excluding carboxylic acids is 1. The van der Waals surface area contributed by atoms with Crippen molar-refractivity contribution >= 4 is 23.5 Å². The Labute approximate surface area is 128 Å². The minimum atomic E-state index is -0.829. The Morgan fingerprint density at radius 2 is 1.95 bits per heavy atom. The fourth-order valence-corrected chi connectivity index (χ4v) is 4.19. The summed E-state index contributed by atoms with van der Waals surface area (Å²) in [4.78, 5) is 23.8. The lowest BCUT2D eigenvalue weighted by atomic mass is 9.78. The van der Waals surface area contributed by atoms with Crippen molar-refractivity contribution in [1.82, 2.24) is 5.32 Å². The lowest BCUT2D eigenvalue weighted by molar-refractivity contribution is -0.149. The van der Waals surface area contributed by atoms with Crippen LogP contribution in [0.3, 0.4) is 0 Å². The Hall–Kier alpha value is -1.55. The van der Waals surface area contributed by atoms with Gasteiger partial charge >= 0.3 is 5.97 Å². The van der Waals surface area contributed by atoms with Gasteiger partial charge in [-0.05, 0) is 48.8 Å². The van der Waals surface area contributed by atoms with E-state index in [1.54, 1.807) is 12.1 Å². The lowest BCUT2D eigenvalue weighted by Crippen LogP contribution is -2.41. The maximum Gasteiger partial charge on any atom is 0.307 e. The second kappa shape index (κ2) is 5.68. The molecule has 0 spiro atoms. The van der Waals surface area contributed by atoms with Crippen LogP contribution >= 0.6 is 11.6 Å². The third-order valence-electron chi connectivity index (χ3n) is 4.86. The molecule has 4 nitrogen and oxygen atoms in total. The van der Waals surface area contributed by atoms with E-state index in [0.29, 0.717) is 11.6 Å². The van der Waals surface area contributed by atoms with Gasteiger partial charge < -0.3 is 10.4 Å². The predicted molar refractivity (Wildman–Crippen MR) is 78.7 cm³/mol. The fraction of sp³-hybridized carbons (Fsp3) is 0.500. The molecular weight excluding hydrogens is 290 g/mol. The molecule has 3 rings (SSSR count). The monoisotopic (exact) mass is 307 g/mol. The summed E-state index contributed by atoms with van der Waals surface area (Å²) in [5.41, 5.74) is 0.922. The van der Waals surface area contributed by atoms with E-state index in [9.17, 15) is 14.7 Å². The van der Waals surface area contributed by atoms with Gasteiger partial charge in [0, 0.05) is 11.6 Å². The van der Waals surface area contributed by atoms with Crippen molar-refractivity contribution in [2.45, 2.75) is 25.8 Å². The van der Waals surface area contributed by atoms with Crippen molar-refractivity contribution in [1.29, 1.82) is 0 Å². The first-order chi connectivity index (χ1) is 10.1. The quantitative estimate of drug-likeness (QED) is 0.899. The van der Waals surface area contributed by atoms with E-state index in [4.69, 9.17) is 11.6 Å². The highest BCUT2D eigenvalue weighted by Crippen LogP contribution is 2.52. The van der Waals surface area contributed by atoms with Crippen LogP contribution < -0.4 is 5.32 Å². The minimum Gasteiger partial charge on any atom is -0.481 e. The molecule has 2 bridgehead atoms. The summed E-state index contributed by atoms with van der Waals surface area (Å²) in [5, 5.41) is 12.9. The molecule has 112 valence electrons. The molecule has 0 aromatic heterocycles. The Morgan fingerprint density at radius 1 is 1.24 bits per heavy atom. The third-order valence-corrected chi connectivity index (χ3v) is 5.10. The molecule has 2 aliphatic rings. The van der Waals surface area contributed by atoms with E-state index in [1.165, 1.54) is 0 Å². The van der Waals surface area contributed by atoms with Crippen molar-refractivity contribution in [3.63, 3.8) is 0 Å².